The third kappa shape index (κ3) is 6.98. The Kier molecular flexibility index (Phi) is 8.53. The van der Waals surface area contributed by atoms with Gasteiger partial charge in [0.1, 0.15) is 0 Å². The number of rotatable bonds is 6. The van der Waals surface area contributed by atoms with Gasteiger partial charge in [-0.2, -0.15) is 13.2 Å². The number of amides is 1. The average Bonchev–Trinajstić information content (AvgIpc) is 3.17. The van der Waals surface area contributed by atoms with Crippen molar-refractivity contribution in [2.45, 2.75) is 12.7 Å². The summed E-state index contributed by atoms with van der Waals surface area (Å²) in [5.41, 5.74) is 10.4. The number of nitrogens with one attached hydrogen (secondary N) is 1. The van der Waals surface area contributed by atoms with Crippen LogP contribution in [0, 0.1) is 0 Å². The Bertz CT molecular complexity index is 1480. The maximum absolute atomic E-state index is 11.6. The molecule has 0 saturated carbocycles. The van der Waals surface area contributed by atoms with E-state index in [4.69, 9.17) is 20.6 Å². The van der Waals surface area contributed by atoms with Gasteiger partial charge in [0.2, 0.25) is 5.91 Å². The van der Waals surface area contributed by atoms with Crippen LogP contribution in [0.4, 0.5) is 18.9 Å². The van der Waals surface area contributed by atoms with Crippen molar-refractivity contribution in [2.24, 2.45) is 10.7 Å². The first kappa shape index (κ1) is 27.9. The number of carbonyl (C=O) groups excluding carboxylic acids is 1. The Hall–Kier alpha value is -4.64. The lowest BCUT2D eigenvalue weighted by Crippen LogP contribution is -2.21. The van der Waals surface area contributed by atoms with Gasteiger partial charge in [-0.15, -0.1) is 0 Å². The number of aromatic hydroxyl groups is 1. The third-order valence-corrected chi connectivity index (χ3v) is 5.24. The molecule has 38 heavy (non-hydrogen) atoms. The van der Waals surface area contributed by atoms with Crippen molar-refractivity contribution in [3.05, 3.63) is 95.1 Å². The zero-order valence-electron chi connectivity index (χ0n) is 20.5. The second-order valence-corrected chi connectivity index (χ2v) is 8.51. The van der Waals surface area contributed by atoms with Crippen molar-refractivity contribution in [1.29, 1.82) is 0 Å². The summed E-state index contributed by atoms with van der Waals surface area (Å²) in [7, 11) is 4.05. The summed E-state index contributed by atoms with van der Waals surface area (Å²) in [4.78, 5) is 30.4. The van der Waals surface area contributed by atoms with E-state index in [0.717, 1.165) is 28.7 Å². The van der Waals surface area contributed by atoms with Crippen LogP contribution in [-0.4, -0.2) is 58.0 Å². The van der Waals surface area contributed by atoms with Crippen molar-refractivity contribution in [1.82, 2.24) is 9.88 Å². The number of aromatic nitrogens is 1. The van der Waals surface area contributed by atoms with Crippen molar-refractivity contribution in [3.8, 4) is 5.88 Å². The second kappa shape index (κ2) is 11.6. The molecule has 3 aromatic carbocycles. The van der Waals surface area contributed by atoms with Crippen molar-refractivity contribution in [3.63, 3.8) is 0 Å². The summed E-state index contributed by atoms with van der Waals surface area (Å²) in [5.74, 6) is -3.29. The van der Waals surface area contributed by atoms with Gasteiger partial charge < -0.3 is 25.8 Å². The summed E-state index contributed by atoms with van der Waals surface area (Å²) < 4.78 is 31.7. The minimum atomic E-state index is -5.08. The van der Waals surface area contributed by atoms with Crippen molar-refractivity contribution >= 4 is 34.2 Å². The maximum Gasteiger partial charge on any atom is 0.490 e. The van der Waals surface area contributed by atoms with Crippen LogP contribution < -0.4 is 5.73 Å². The molecule has 0 aliphatic heterocycles. The molecule has 0 saturated heterocycles. The normalized spacial score (nSPS) is 11.8. The number of hydrogen-bond donors (Lipinski definition) is 4. The largest absolute Gasteiger partial charge is 0.494 e. The fraction of sp³-hybridized carbons (Fsp3) is 0.148. The number of aromatic amines is 1. The Labute approximate surface area is 215 Å². The number of halogens is 3. The standard InChI is InChI=1S/C25H24N4O2.C2HF3O2/c1-29(2)15-16-7-6-10-19(13-16)27-23(17-8-4-3-5-9-17)22-20-12-11-18(24(26)30)14-21(20)28-25(22)31;3-2(4,5)1(6)7/h3-14,28,31H,15H2,1-2H3,(H2,26,30);(H,6,7). The van der Waals surface area contributed by atoms with Gasteiger partial charge in [-0.05, 0) is 43.9 Å². The minimum Gasteiger partial charge on any atom is -0.494 e. The minimum absolute atomic E-state index is 0.0105. The Morgan fingerprint density at radius 1 is 0.974 bits per heavy atom. The van der Waals surface area contributed by atoms with E-state index in [1.54, 1.807) is 18.2 Å². The number of aliphatic imine (C=N–C) groups is 1. The lowest BCUT2D eigenvalue weighted by molar-refractivity contribution is -0.192. The molecular weight excluding hydrogens is 501 g/mol. The number of alkyl halides is 3. The quantitative estimate of drug-likeness (QED) is 0.267. The van der Waals surface area contributed by atoms with E-state index >= 15 is 0 Å². The molecule has 1 amide bonds. The lowest BCUT2D eigenvalue weighted by atomic mass is 10.00. The molecule has 0 fully saturated rings. The maximum atomic E-state index is 11.6. The lowest BCUT2D eigenvalue weighted by Gasteiger charge is -2.11. The molecule has 0 bridgehead atoms. The highest BCUT2D eigenvalue weighted by atomic mass is 19.4. The smallest absolute Gasteiger partial charge is 0.490 e. The Balaban J connectivity index is 0.000000505. The Morgan fingerprint density at radius 2 is 1.63 bits per heavy atom. The van der Waals surface area contributed by atoms with Gasteiger partial charge in [-0.25, -0.2) is 9.79 Å². The summed E-state index contributed by atoms with van der Waals surface area (Å²) >= 11 is 0. The number of primary amides is 1. The zero-order chi connectivity index (χ0) is 28.0. The fourth-order valence-electron chi connectivity index (χ4n) is 3.66. The number of H-pyrrole nitrogens is 1. The van der Waals surface area contributed by atoms with E-state index in [1.165, 1.54) is 0 Å². The van der Waals surface area contributed by atoms with Crippen LogP contribution in [0.15, 0.2) is 77.8 Å². The molecule has 11 heteroatoms. The first-order valence-electron chi connectivity index (χ1n) is 11.2. The molecule has 0 aliphatic carbocycles. The number of benzene rings is 3. The molecule has 0 spiro atoms. The van der Waals surface area contributed by atoms with Crippen LogP contribution in [-0.2, 0) is 11.3 Å². The van der Waals surface area contributed by atoms with Gasteiger partial charge >= 0.3 is 12.1 Å². The van der Waals surface area contributed by atoms with Crippen LogP contribution in [0.5, 0.6) is 5.88 Å². The molecule has 4 aromatic rings. The number of aliphatic carboxylic acids is 1. The van der Waals surface area contributed by atoms with E-state index in [2.05, 4.69) is 16.0 Å². The number of carbonyl (C=O) groups is 2. The zero-order valence-corrected chi connectivity index (χ0v) is 20.5. The van der Waals surface area contributed by atoms with Crippen LogP contribution >= 0.6 is 0 Å². The topological polar surface area (TPSA) is 132 Å². The molecule has 1 aromatic heterocycles. The number of hydrogen-bond acceptors (Lipinski definition) is 5. The summed E-state index contributed by atoms with van der Waals surface area (Å²) in [6.45, 7) is 0.804. The number of fused-ring (bicyclic) bond motifs is 1. The van der Waals surface area contributed by atoms with Crippen LogP contribution in [0.1, 0.15) is 27.0 Å². The highest BCUT2D eigenvalue weighted by Gasteiger charge is 2.38. The summed E-state index contributed by atoms with van der Waals surface area (Å²) in [5, 5.41) is 18.7. The number of carboxylic acid groups (broad SMARTS) is 1. The van der Waals surface area contributed by atoms with Gasteiger partial charge in [0.15, 0.2) is 5.88 Å². The van der Waals surface area contributed by atoms with Crippen molar-refractivity contribution < 1.29 is 33.0 Å². The van der Waals surface area contributed by atoms with Crippen LogP contribution in [0.25, 0.3) is 10.9 Å². The molecule has 1 heterocycles. The first-order valence-corrected chi connectivity index (χ1v) is 11.2. The predicted octanol–water partition coefficient (Wildman–Crippen LogP) is 4.84. The molecule has 5 N–H and O–H groups in total. The Morgan fingerprint density at radius 3 is 2.21 bits per heavy atom. The molecule has 198 valence electrons. The van der Waals surface area contributed by atoms with Gasteiger partial charge in [0, 0.05) is 28.6 Å². The molecule has 4 rings (SSSR count). The molecule has 8 nitrogen and oxygen atoms in total. The van der Waals surface area contributed by atoms with Crippen LogP contribution in [0.2, 0.25) is 0 Å². The fourth-order valence-corrected chi connectivity index (χ4v) is 3.66. The van der Waals surface area contributed by atoms with E-state index in [0.29, 0.717) is 22.4 Å². The average molecular weight is 527 g/mol. The number of carboxylic acids is 1. The molecule has 0 unspecified atom stereocenters. The highest BCUT2D eigenvalue weighted by Crippen LogP contribution is 2.32. The number of nitrogens with zero attached hydrogens (tertiary/aromatic N) is 2. The predicted molar refractivity (Wildman–Crippen MR) is 138 cm³/mol. The second-order valence-electron chi connectivity index (χ2n) is 8.51. The summed E-state index contributed by atoms with van der Waals surface area (Å²) in [6.07, 6.45) is -5.08. The van der Waals surface area contributed by atoms with Gasteiger partial charge in [-0.1, -0.05) is 48.5 Å². The van der Waals surface area contributed by atoms with Gasteiger partial charge in [0.05, 0.1) is 17.0 Å². The molecule has 0 atom stereocenters. The van der Waals surface area contributed by atoms with Crippen molar-refractivity contribution in [2.75, 3.05) is 14.1 Å². The molecular formula is C27H25F3N4O4. The summed E-state index contributed by atoms with van der Waals surface area (Å²) in [6, 6.07) is 22.8. The SMILES string of the molecule is CN(C)Cc1cccc(N=C(c2ccccc2)c2c(O)[nH]c3cc(C(N)=O)ccc23)c1.O=C(O)C(F)(F)F. The molecule has 0 aliphatic rings. The van der Waals surface area contributed by atoms with Crippen LogP contribution in [0.3, 0.4) is 0 Å². The van der Waals surface area contributed by atoms with E-state index in [1.807, 2.05) is 62.6 Å². The van der Waals surface area contributed by atoms with E-state index in [9.17, 15) is 23.1 Å². The molecule has 0 radical (unpaired) electrons. The monoisotopic (exact) mass is 526 g/mol. The van der Waals surface area contributed by atoms with Gasteiger partial charge in [-0.3, -0.25) is 4.79 Å². The first-order chi connectivity index (χ1) is 17.9. The number of nitrogens with two attached hydrogens (primary N) is 1. The van der Waals surface area contributed by atoms with E-state index in [-0.39, 0.29) is 5.88 Å². The van der Waals surface area contributed by atoms with Gasteiger partial charge in [0.25, 0.3) is 0 Å². The van der Waals surface area contributed by atoms with E-state index < -0.39 is 18.1 Å². The highest BCUT2D eigenvalue weighted by molar-refractivity contribution is 6.22. The third-order valence-electron chi connectivity index (χ3n) is 5.24.